The van der Waals surface area contributed by atoms with E-state index in [0.29, 0.717) is 11.3 Å². The number of benzene rings is 1. The average Bonchev–Trinajstić information content (AvgIpc) is 2.46. The minimum absolute atomic E-state index is 0.0116. The Bertz CT molecular complexity index is 674. The fraction of sp³-hybridized carbons (Fsp3) is 0.0769. The number of hydrogen-bond donors (Lipinski definition) is 3. The van der Waals surface area contributed by atoms with Crippen molar-refractivity contribution in [2.24, 2.45) is 5.84 Å². The van der Waals surface area contributed by atoms with Crippen molar-refractivity contribution in [2.75, 3.05) is 10.7 Å². The molecule has 1 aromatic carbocycles. The maximum absolute atomic E-state index is 12.8. The van der Waals surface area contributed by atoms with Crippen LogP contribution in [0.3, 0.4) is 0 Å². The van der Waals surface area contributed by atoms with Gasteiger partial charge in [-0.05, 0) is 36.4 Å². The predicted octanol–water partition coefficient (Wildman–Crippen LogP) is 3.00. The van der Waals surface area contributed by atoms with Gasteiger partial charge in [0.1, 0.15) is 11.6 Å². The maximum atomic E-state index is 12.8. The highest BCUT2D eigenvalue weighted by Gasteiger charge is 2.31. The lowest BCUT2D eigenvalue weighted by Crippen LogP contribution is -2.13. The summed E-state index contributed by atoms with van der Waals surface area (Å²) in [5.74, 6) is 5.00. The van der Waals surface area contributed by atoms with Crippen molar-refractivity contribution in [3.8, 4) is 6.07 Å². The molecule has 1 aromatic heterocycles. The summed E-state index contributed by atoms with van der Waals surface area (Å²) >= 11 is 0. The van der Waals surface area contributed by atoms with Crippen LogP contribution >= 0.6 is 0 Å². The third kappa shape index (κ3) is 3.61. The van der Waals surface area contributed by atoms with E-state index in [1.54, 1.807) is 12.1 Å². The molecule has 0 spiro atoms. The minimum Gasteiger partial charge on any atom is -0.340 e. The van der Waals surface area contributed by atoms with Crippen LogP contribution in [0.2, 0.25) is 0 Å². The van der Waals surface area contributed by atoms with Gasteiger partial charge < -0.3 is 10.7 Å². The number of halogens is 3. The Kier molecular flexibility index (Phi) is 3.95. The summed E-state index contributed by atoms with van der Waals surface area (Å²) in [6.07, 6.45) is -4.50. The molecule has 8 heteroatoms. The lowest BCUT2D eigenvalue weighted by Gasteiger charge is -2.12. The first-order valence-corrected chi connectivity index (χ1v) is 5.75. The third-order valence-electron chi connectivity index (χ3n) is 2.59. The molecular weight excluding hydrogens is 283 g/mol. The molecule has 0 radical (unpaired) electrons. The zero-order valence-electron chi connectivity index (χ0n) is 10.6. The van der Waals surface area contributed by atoms with E-state index in [-0.39, 0.29) is 11.6 Å². The minimum atomic E-state index is -4.50. The van der Waals surface area contributed by atoms with Crippen LogP contribution in [0.5, 0.6) is 0 Å². The Morgan fingerprint density at radius 2 is 1.71 bits per heavy atom. The SMILES string of the molecule is N#Cc1ccc(Nc2cc(C(F)(F)F)cc(NN)n2)cc1. The maximum Gasteiger partial charge on any atom is 0.416 e. The van der Waals surface area contributed by atoms with Gasteiger partial charge in [0, 0.05) is 5.69 Å². The second kappa shape index (κ2) is 5.68. The Hall–Kier alpha value is -2.79. The van der Waals surface area contributed by atoms with Gasteiger partial charge in [0.25, 0.3) is 0 Å². The monoisotopic (exact) mass is 293 g/mol. The molecule has 21 heavy (non-hydrogen) atoms. The Labute approximate surface area is 118 Å². The Morgan fingerprint density at radius 1 is 1.10 bits per heavy atom. The number of nitrogens with one attached hydrogen (secondary N) is 2. The summed E-state index contributed by atoms with van der Waals surface area (Å²) in [6, 6.07) is 9.84. The fourth-order valence-electron chi connectivity index (χ4n) is 1.61. The van der Waals surface area contributed by atoms with Crippen molar-refractivity contribution in [3.63, 3.8) is 0 Å². The smallest absolute Gasteiger partial charge is 0.340 e. The zero-order chi connectivity index (χ0) is 15.5. The number of alkyl halides is 3. The van der Waals surface area contributed by atoms with Gasteiger partial charge in [-0.2, -0.15) is 18.4 Å². The number of rotatable bonds is 3. The highest BCUT2D eigenvalue weighted by atomic mass is 19.4. The first kappa shape index (κ1) is 14.6. The molecule has 0 bridgehead atoms. The second-order valence-corrected chi connectivity index (χ2v) is 4.08. The van der Waals surface area contributed by atoms with Crippen molar-refractivity contribution < 1.29 is 13.2 Å². The number of aromatic nitrogens is 1. The first-order valence-electron chi connectivity index (χ1n) is 5.75. The van der Waals surface area contributed by atoms with E-state index in [1.165, 1.54) is 12.1 Å². The highest BCUT2D eigenvalue weighted by molar-refractivity contribution is 5.60. The molecule has 2 rings (SSSR count). The van der Waals surface area contributed by atoms with Crippen LogP contribution in [0.1, 0.15) is 11.1 Å². The van der Waals surface area contributed by atoms with Gasteiger partial charge in [-0.15, -0.1) is 0 Å². The number of nitrogens with two attached hydrogens (primary N) is 1. The first-order chi connectivity index (χ1) is 9.92. The van der Waals surface area contributed by atoms with Crippen LogP contribution in [0.4, 0.5) is 30.5 Å². The lowest BCUT2D eigenvalue weighted by molar-refractivity contribution is -0.137. The molecule has 0 unspecified atom stereocenters. The molecule has 0 atom stereocenters. The van der Waals surface area contributed by atoms with Gasteiger partial charge in [0.05, 0.1) is 17.2 Å². The van der Waals surface area contributed by atoms with E-state index in [9.17, 15) is 13.2 Å². The van der Waals surface area contributed by atoms with Crippen molar-refractivity contribution in [3.05, 3.63) is 47.5 Å². The van der Waals surface area contributed by atoms with Gasteiger partial charge in [-0.1, -0.05) is 0 Å². The molecule has 2 aromatic rings. The molecular formula is C13H10F3N5. The van der Waals surface area contributed by atoms with E-state index in [4.69, 9.17) is 11.1 Å². The summed E-state index contributed by atoms with van der Waals surface area (Å²) in [6.45, 7) is 0. The summed E-state index contributed by atoms with van der Waals surface area (Å²) in [5.41, 5.74) is 2.17. The van der Waals surface area contributed by atoms with Gasteiger partial charge in [0.15, 0.2) is 0 Å². The van der Waals surface area contributed by atoms with Crippen LogP contribution in [0.25, 0.3) is 0 Å². The topological polar surface area (TPSA) is 86.8 Å². The Morgan fingerprint density at radius 3 is 2.24 bits per heavy atom. The molecule has 4 N–H and O–H groups in total. The van der Waals surface area contributed by atoms with Gasteiger partial charge in [0.2, 0.25) is 0 Å². The number of nitriles is 1. The number of hydrogen-bond acceptors (Lipinski definition) is 5. The largest absolute Gasteiger partial charge is 0.416 e. The number of pyridine rings is 1. The molecule has 0 saturated carbocycles. The normalized spacial score (nSPS) is 10.8. The zero-order valence-corrected chi connectivity index (χ0v) is 10.6. The molecule has 108 valence electrons. The Balaban J connectivity index is 2.32. The third-order valence-corrected chi connectivity index (χ3v) is 2.59. The van der Waals surface area contributed by atoms with Crippen LogP contribution < -0.4 is 16.6 Å². The molecule has 0 aliphatic rings. The number of nitrogen functional groups attached to an aromatic ring is 1. The number of hydrazine groups is 1. The van der Waals surface area contributed by atoms with E-state index in [2.05, 4.69) is 15.7 Å². The molecule has 0 fully saturated rings. The van der Waals surface area contributed by atoms with Gasteiger partial charge in [-0.3, -0.25) is 0 Å². The second-order valence-electron chi connectivity index (χ2n) is 4.08. The highest BCUT2D eigenvalue weighted by Crippen LogP contribution is 2.32. The van der Waals surface area contributed by atoms with Crippen LogP contribution in [0, 0.1) is 11.3 Å². The predicted molar refractivity (Wildman–Crippen MR) is 71.5 cm³/mol. The standard InChI is InChI=1S/C13H10F3N5/c14-13(15,16)9-5-11(20-12(6-9)21-18)19-10-3-1-8(7-17)2-4-10/h1-6H,18H2,(H2,19,20,21). The van der Waals surface area contributed by atoms with Crippen LogP contribution in [-0.4, -0.2) is 4.98 Å². The van der Waals surface area contributed by atoms with E-state index in [0.717, 1.165) is 12.1 Å². The van der Waals surface area contributed by atoms with Gasteiger partial charge in [-0.25, -0.2) is 10.8 Å². The lowest BCUT2D eigenvalue weighted by atomic mass is 10.2. The van der Waals surface area contributed by atoms with E-state index in [1.807, 2.05) is 6.07 Å². The summed E-state index contributed by atoms with van der Waals surface area (Å²) in [4.78, 5) is 3.89. The molecule has 0 amide bonds. The summed E-state index contributed by atoms with van der Waals surface area (Å²) in [5, 5.41) is 11.4. The van der Waals surface area contributed by atoms with E-state index < -0.39 is 11.7 Å². The van der Waals surface area contributed by atoms with Crippen LogP contribution in [0.15, 0.2) is 36.4 Å². The van der Waals surface area contributed by atoms with Crippen LogP contribution in [-0.2, 0) is 6.18 Å². The average molecular weight is 293 g/mol. The number of nitrogens with zero attached hydrogens (tertiary/aromatic N) is 2. The van der Waals surface area contributed by atoms with Crippen molar-refractivity contribution >= 4 is 17.3 Å². The van der Waals surface area contributed by atoms with Gasteiger partial charge >= 0.3 is 6.18 Å². The molecule has 0 aliphatic heterocycles. The quantitative estimate of drug-likeness (QED) is 0.598. The molecule has 1 heterocycles. The fourth-order valence-corrected chi connectivity index (χ4v) is 1.61. The van der Waals surface area contributed by atoms with Crippen molar-refractivity contribution in [1.29, 1.82) is 5.26 Å². The summed E-state index contributed by atoms with van der Waals surface area (Å²) < 4.78 is 38.3. The molecule has 5 nitrogen and oxygen atoms in total. The molecule has 0 aliphatic carbocycles. The molecule has 0 saturated heterocycles. The number of anilines is 3. The van der Waals surface area contributed by atoms with Crippen molar-refractivity contribution in [1.82, 2.24) is 4.98 Å². The van der Waals surface area contributed by atoms with E-state index >= 15 is 0 Å². The summed E-state index contributed by atoms with van der Waals surface area (Å²) in [7, 11) is 0. The van der Waals surface area contributed by atoms with Crippen molar-refractivity contribution in [2.45, 2.75) is 6.18 Å².